The van der Waals surface area contributed by atoms with E-state index in [1.807, 2.05) is 24.3 Å². The number of aliphatic hydroxyl groups is 1. The van der Waals surface area contributed by atoms with E-state index in [0.29, 0.717) is 71.6 Å². The lowest BCUT2D eigenvalue weighted by molar-refractivity contribution is -0.111. The summed E-state index contributed by atoms with van der Waals surface area (Å²) < 4.78 is 44.6. The third kappa shape index (κ3) is 10.1. The molecule has 0 bridgehead atoms. The van der Waals surface area contributed by atoms with Gasteiger partial charge in [0.2, 0.25) is 0 Å². The molecule has 4 aromatic rings. The van der Waals surface area contributed by atoms with Crippen LogP contribution in [0.1, 0.15) is 71.7 Å². The van der Waals surface area contributed by atoms with Crippen molar-refractivity contribution in [1.82, 2.24) is 24.7 Å². The second-order valence-corrected chi connectivity index (χ2v) is 16.1. The van der Waals surface area contributed by atoms with Crippen molar-refractivity contribution in [3.8, 4) is 0 Å². The zero-order valence-electron chi connectivity index (χ0n) is 36.0. The lowest BCUT2D eigenvalue weighted by Gasteiger charge is -2.34. The van der Waals surface area contributed by atoms with E-state index in [4.69, 9.17) is 29.3 Å². The number of hydrogen-bond donors (Lipinski definition) is 3. The molecule has 1 fully saturated rings. The number of aliphatic hydroxyl groups excluding tert-OH is 1. The number of hydrogen-bond acceptors (Lipinski definition) is 11. The van der Waals surface area contributed by atoms with Gasteiger partial charge in [0.25, 0.3) is 11.8 Å². The van der Waals surface area contributed by atoms with Crippen molar-refractivity contribution in [3.63, 3.8) is 0 Å². The number of carbonyl (C=O) groups excluding carboxylic acids is 2. The van der Waals surface area contributed by atoms with E-state index in [0.717, 1.165) is 118 Å². The van der Waals surface area contributed by atoms with Gasteiger partial charge in [-0.1, -0.05) is 13.8 Å². The molecule has 0 saturated carbocycles. The van der Waals surface area contributed by atoms with Crippen LogP contribution in [0.5, 0.6) is 0 Å². The van der Waals surface area contributed by atoms with Crippen LogP contribution in [-0.2, 0) is 49.9 Å². The fraction of sp³-hybridized carbons (Fsp3) is 0.417. The minimum Gasteiger partial charge on any atom is -0.486 e. The molecular formula is C48H55F2N7O6. The molecule has 2 aromatic carbocycles. The number of carbonyl (C=O) groups is 2. The molecule has 0 unspecified atom stereocenters. The van der Waals surface area contributed by atoms with Gasteiger partial charge in [-0.3, -0.25) is 24.5 Å². The molecule has 5 aliphatic heterocycles. The molecule has 0 aliphatic carbocycles. The van der Waals surface area contributed by atoms with E-state index in [2.05, 4.69) is 39.2 Å². The standard InChI is InChI=1S/C26H31FN4O4.C22H24FN3O2/c27-18-3-6-22-21(16-18)24(26(33)29-22)25-20-5-4-19(28-23(20)17-35-25)2-1-7-30-8-10-31(11-9-30)12-14-34-15-13-32;1-3-26(4-2)11-5-6-15-8-9-16-19(24-15)13-28-21(16)20-17-12-14(23)7-10-18(17)25-22(20)27/h3-6,16,32H,1-2,7-15,17H2,(H,29,33);7-10,12H,3-6,11,13H2,1-2H3,(H,25,27). The number of anilines is 2. The summed E-state index contributed by atoms with van der Waals surface area (Å²) in [6.07, 6.45) is 3.86. The van der Waals surface area contributed by atoms with Gasteiger partial charge in [0.05, 0.1) is 42.4 Å². The topological polar surface area (TPSA) is 142 Å². The summed E-state index contributed by atoms with van der Waals surface area (Å²) >= 11 is 0. The van der Waals surface area contributed by atoms with E-state index >= 15 is 0 Å². The minimum absolute atomic E-state index is 0.0751. The molecule has 15 heteroatoms. The van der Waals surface area contributed by atoms with Crippen LogP contribution in [0.3, 0.4) is 0 Å². The molecular weight excluding hydrogens is 809 g/mol. The molecule has 9 rings (SSSR count). The molecule has 13 nitrogen and oxygen atoms in total. The molecule has 5 aliphatic rings. The van der Waals surface area contributed by atoms with Crippen molar-refractivity contribution in [2.75, 3.05) is 89.4 Å². The Bertz CT molecular complexity index is 2390. The Morgan fingerprint density at radius 3 is 1.70 bits per heavy atom. The number of fused-ring (bicyclic) bond motifs is 4. The lowest BCUT2D eigenvalue weighted by atomic mass is 10.0. The highest BCUT2D eigenvalue weighted by molar-refractivity contribution is 6.37. The molecule has 0 atom stereocenters. The largest absolute Gasteiger partial charge is 0.486 e. The van der Waals surface area contributed by atoms with Crippen LogP contribution in [0, 0.1) is 11.6 Å². The Morgan fingerprint density at radius 1 is 0.683 bits per heavy atom. The number of rotatable bonds is 15. The first-order valence-electron chi connectivity index (χ1n) is 22.0. The number of nitrogens with zero attached hydrogens (tertiary/aromatic N) is 5. The molecule has 0 radical (unpaired) electrons. The first-order chi connectivity index (χ1) is 30.7. The van der Waals surface area contributed by atoms with Crippen LogP contribution >= 0.6 is 0 Å². The average Bonchev–Trinajstić information content (AvgIpc) is 4.06. The molecule has 63 heavy (non-hydrogen) atoms. The molecule has 3 N–H and O–H groups in total. The van der Waals surface area contributed by atoms with Gasteiger partial charge in [0, 0.05) is 77.7 Å². The molecule has 7 heterocycles. The first kappa shape index (κ1) is 44.0. The Labute approximate surface area is 366 Å². The second kappa shape index (κ2) is 20.3. The number of halogens is 2. The zero-order valence-corrected chi connectivity index (χ0v) is 36.0. The van der Waals surface area contributed by atoms with Crippen molar-refractivity contribution >= 4 is 45.9 Å². The van der Waals surface area contributed by atoms with Crippen molar-refractivity contribution in [1.29, 1.82) is 0 Å². The Kier molecular flexibility index (Phi) is 14.2. The monoisotopic (exact) mass is 863 g/mol. The number of aromatic nitrogens is 2. The summed E-state index contributed by atoms with van der Waals surface area (Å²) in [4.78, 5) is 41.9. The lowest BCUT2D eigenvalue weighted by Crippen LogP contribution is -2.47. The van der Waals surface area contributed by atoms with Gasteiger partial charge in [-0.15, -0.1) is 0 Å². The summed E-state index contributed by atoms with van der Waals surface area (Å²) in [6.45, 7) is 15.4. The van der Waals surface area contributed by atoms with Crippen LogP contribution in [-0.4, -0.2) is 120 Å². The number of aryl methyl sites for hydroxylation is 2. The third-order valence-electron chi connectivity index (χ3n) is 12.1. The number of amides is 2. The number of nitrogens with one attached hydrogen (secondary N) is 2. The van der Waals surface area contributed by atoms with E-state index in [-0.39, 0.29) is 24.2 Å². The summed E-state index contributed by atoms with van der Waals surface area (Å²) in [6, 6.07) is 16.5. The summed E-state index contributed by atoms with van der Waals surface area (Å²) in [5, 5.41) is 14.3. The van der Waals surface area contributed by atoms with Crippen LogP contribution in [0.25, 0.3) is 22.7 Å². The first-order valence-corrected chi connectivity index (χ1v) is 22.0. The number of pyridine rings is 2. The molecule has 332 valence electrons. The van der Waals surface area contributed by atoms with Crippen molar-refractivity contribution in [2.24, 2.45) is 0 Å². The SMILES string of the molecule is CCN(CC)CCCc1ccc2c(n1)COC2=C1C(=O)Nc2ccc(F)cc21.O=C1Nc2ccc(F)cc2C1=C1OCc2nc(CCCN3CCN(CCOCCO)CC3)ccc21. The highest BCUT2D eigenvalue weighted by Crippen LogP contribution is 2.43. The second-order valence-electron chi connectivity index (χ2n) is 16.1. The van der Waals surface area contributed by atoms with Gasteiger partial charge >= 0.3 is 0 Å². The van der Waals surface area contributed by atoms with Crippen LogP contribution in [0.15, 0.2) is 60.7 Å². The smallest absolute Gasteiger partial charge is 0.260 e. The number of benzene rings is 2. The van der Waals surface area contributed by atoms with Gasteiger partial charge in [0.1, 0.15) is 36.4 Å². The molecule has 0 spiro atoms. The predicted octanol–water partition coefficient (Wildman–Crippen LogP) is 5.98. The van der Waals surface area contributed by atoms with Gasteiger partial charge in [-0.25, -0.2) is 8.78 Å². The van der Waals surface area contributed by atoms with Gasteiger partial charge < -0.3 is 39.8 Å². The van der Waals surface area contributed by atoms with Gasteiger partial charge in [-0.2, -0.15) is 0 Å². The maximum absolute atomic E-state index is 13.8. The van der Waals surface area contributed by atoms with E-state index in [1.165, 1.54) is 24.3 Å². The number of ether oxygens (including phenoxy) is 3. The van der Waals surface area contributed by atoms with Crippen molar-refractivity contribution in [2.45, 2.75) is 52.7 Å². The van der Waals surface area contributed by atoms with Gasteiger partial charge in [0.15, 0.2) is 0 Å². The molecule has 1 saturated heterocycles. The number of piperazine rings is 1. The quantitative estimate of drug-likeness (QED) is 0.0962. The maximum Gasteiger partial charge on any atom is 0.260 e. The van der Waals surface area contributed by atoms with Crippen molar-refractivity contribution < 1.29 is 37.7 Å². The summed E-state index contributed by atoms with van der Waals surface area (Å²) in [7, 11) is 0. The summed E-state index contributed by atoms with van der Waals surface area (Å²) in [5.41, 5.74) is 8.32. The fourth-order valence-corrected chi connectivity index (χ4v) is 8.69. The fourth-order valence-electron chi connectivity index (χ4n) is 8.69. The summed E-state index contributed by atoms with van der Waals surface area (Å²) in [5.74, 6) is -0.367. The Balaban J connectivity index is 0.000000177. The maximum atomic E-state index is 13.8. The van der Waals surface area contributed by atoms with Crippen LogP contribution in [0.2, 0.25) is 0 Å². The average molecular weight is 864 g/mol. The highest BCUT2D eigenvalue weighted by Gasteiger charge is 2.35. The Morgan fingerprint density at radius 2 is 1.19 bits per heavy atom. The third-order valence-corrected chi connectivity index (χ3v) is 12.1. The predicted molar refractivity (Wildman–Crippen MR) is 237 cm³/mol. The molecule has 2 aromatic heterocycles. The van der Waals surface area contributed by atoms with E-state index in [1.54, 1.807) is 12.1 Å². The van der Waals surface area contributed by atoms with E-state index < -0.39 is 5.82 Å². The van der Waals surface area contributed by atoms with Crippen LogP contribution in [0.4, 0.5) is 20.2 Å². The highest BCUT2D eigenvalue weighted by atomic mass is 19.1. The van der Waals surface area contributed by atoms with Crippen LogP contribution < -0.4 is 10.6 Å². The van der Waals surface area contributed by atoms with Gasteiger partial charge in [-0.05, 0) is 113 Å². The zero-order chi connectivity index (χ0) is 43.9. The molecule has 2 amide bonds. The Hall–Kier alpha value is -5.58. The normalized spacial score (nSPS) is 18.9. The van der Waals surface area contributed by atoms with Crippen molar-refractivity contribution in [3.05, 3.63) is 117 Å². The minimum atomic E-state index is -0.390. The van der Waals surface area contributed by atoms with E-state index in [9.17, 15) is 18.4 Å².